The van der Waals surface area contributed by atoms with Crippen LogP contribution in [0.1, 0.15) is 17.0 Å². The normalized spacial score (nSPS) is 11.2. The lowest BCUT2D eigenvalue weighted by molar-refractivity contribution is -0.398. The monoisotopic (exact) mass is 326 g/mol. The molecule has 10 nitrogen and oxygen atoms in total. The zero-order valence-corrected chi connectivity index (χ0v) is 12.8. The molecule has 0 unspecified atom stereocenters. The summed E-state index contributed by atoms with van der Waals surface area (Å²) >= 11 is 0. The van der Waals surface area contributed by atoms with Gasteiger partial charge in [-0.1, -0.05) is 12.1 Å². The fraction of sp³-hybridized carbons (Fsp3) is 0.143. The maximum Gasteiger partial charge on any atom is 0.273 e. The second kappa shape index (κ2) is 5.91. The van der Waals surface area contributed by atoms with E-state index in [2.05, 4.69) is 20.4 Å². The molecule has 0 aliphatic rings. The average Bonchev–Trinajstić information content (AvgIpc) is 3.11. The molecule has 0 atom stereocenters. The van der Waals surface area contributed by atoms with Crippen LogP contribution in [0.25, 0.3) is 5.95 Å². The predicted molar refractivity (Wildman–Crippen MR) is 82.2 cm³/mol. The topological polar surface area (TPSA) is 127 Å². The molecule has 0 fully saturated rings. The average molecular weight is 326 g/mol. The highest BCUT2D eigenvalue weighted by atomic mass is 16.6. The summed E-state index contributed by atoms with van der Waals surface area (Å²) in [7, 11) is 0. The summed E-state index contributed by atoms with van der Waals surface area (Å²) in [5.74, 6) is -0.267. The highest BCUT2D eigenvalue weighted by molar-refractivity contribution is 5.81. The zero-order chi connectivity index (χ0) is 17.3. The van der Waals surface area contributed by atoms with Gasteiger partial charge >= 0.3 is 0 Å². The first-order chi connectivity index (χ1) is 11.5. The maximum atomic E-state index is 11.4. The first-order valence-corrected chi connectivity index (χ1v) is 6.89. The molecule has 2 aromatic heterocycles. The van der Waals surface area contributed by atoms with Crippen LogP contribution in [-0.2, 0) is 0 Å². The molecule has 24 heavy (non-hydrogen) atoms. The van der Waals surface area contributed by atoms with Crippen molar-refractivity contribution in [3.8, 4) is 11.7 Å². The van der Waals surface area contributed by atoms with E-state index < -0.39 is 16.4 Å². The van der Waals surface area contributed by atoms with Gasteiger partial charge in [-0.15, -0.1) is 10.2 Å². The van der Waals surface area contributed by atoms with Gasteiger partial charge in [-0.2, -0.15) is 14.9 Å². The molecule has 0 spiro atoms. The Bertz CT molecular complexity index is 942. The summed E-state index contributed by atoms with van der Waals surface area (Å²) < 4.78 is 2.97. The maximum absolute atomic E-state index is 11.4. The lowest BCUT2D eigenvalue weighted by atomic mass is 10.2. The number of rotatable bonds is 4. The van der Waals surface area contributed by atoms with E-state index in [4.69, 9.17) is 0 Å². The lowest BCUT2D eigenvalue weighted by Gasteiger charge is -2.06. The number of nitrogens with zero attached hydrogens (tertiary/aromatic N) is 7. The summed E-state index contributed by atoms with van der Waals surface area (Å²) in [6.45, 7) is 3.73. The van der Waals surface area contributed by atoms with Crippen LogP contribution in [0.15, 0.2) is 35.7 Å². The van der Waals surface area contributed by atoms with Gasteiger partial charge in [0.15, 0.2) is 0 Å². The quantitative estimate of drug-likeness (QED) is 0.399. The van der Waals surface area contributed by atoms with Crippen LogP contribution in [0.3, 0.4) is 0 Å². The van der Waals surface area contributed by atoms with E-state index in [1.165, 1.54) is 29.4 Å². The van der Waals surface area contributed by atoms with Crippen LogP contribution in [0, 0.1) is 24.0 Å². The number of hydrogen-bond acceptors (Lipinski definition) is 7. The van der Waals surface area contributed by atoms with Crippen molar-refractivity contribution < 1.29 is 10.0 Å². The van der Waals surface area contributed by atoms with Gasteiger partial charge in [-0.25, -0.2) is 4.68 Å². The highest BCUT2D eigenvalue weighted by Crippen LogP contribution is 2.23. The van der Waals surface area contributed by atoms with Crippen molar-refractivity contribution in [3.05, 3.63) is 57.7 Å². The third kappa shape index (κ3) is 2.84. The molecule has 3 rings (SSSR count). The lowest BCUT2D eigenvalue weighted by Crippen LogP contribution is -2.06. The highest BCUT2D eigenvalue weighted by Gasteiger charge is 2.11. The van der Waals surface area contributed by atoms with Gasteiger partial charge in [0.2, 0.25) is 0 Å². The molecule has 122 valence electrons. The van der Waals surface area contributed by atoms with Crippen LogP contribution in [-0.4, -0.2) is 35.8 Å². The number of aryl methyl sites for hydroxylation is 2. The van der Waals surface area contributed by atoms with Crippen molar-refractivity contribution in [3.63, 3.8) is 0 Å². The minimum atomic E-state index is -0.722. The van der Waals surface area contributed by atoms with Crippen LogP contribution in [0.2, 0.25) is 0 Å². The predicted octanol–water partition coefficient (Wildman–Crippen LogP) is 0.945. The second-order valence-corrected chi connectivity index (χ2v) is 5.04. The van der Waals surface area contributed by atoms with Gasteiger partial charge in [0.05, 0.1) is 16.8 Å². The Kier molecular flexibility index (Phi) is 3.78. The summed E-state index contributed by atoms with van der Waals surface area (Å²) in [6, 6.07) is 5.64. The zero-order valence-electron chi connectivity index (χ0n) is 12.8. The molecular formula is C14H12N7O3-. The van der Waals surface area contributed by atoms with Crippen LogP contribution >= 0.6 is 0 Å². The molecule has 0 saturated heterocycles. The summed E-state index contributed by atoms with van der Waals surface area (Å²) in [4.78, 5) is 10.1. The molecule has 3 aromatic rings. The van der Waals surface area contributed by atoms with Gasteiger partial charge in [-0.3, -0.25) is 10.1 Å². The van der Waals surface area contributed by atoms with E-state index in [1.54, 1.807) is 4.68 Å². The Balaban J connectivity index is 1.94. The Labute approximate surface area is 135 Å². The molecule has 0 radical (unpaired) electrons. The number of nitro groups is 1. The molecule has 0 saturated carbocycles. The van der Waals surface area contributed by atoms with Gasteiger partial charge in [-0.05, 0) is 25.7 Å². The van der Waals surface area contributed by atoms with Crippen LogP contribution in [0.4, 0.5) is 5.69 Å². The van der Waals surface area contributed by atoms with Crippen molar-refractivity contribution in [2.24, 2.45) is 5.10 Å². The van der Waals surface area contributed by atoms with Gasteiger partial charge < -0.3 is 5.11 Å². The molecule has 1 aromatic carbocycles. The van der Waals surface area contributed by atoms with E-state index in [1.807, 2.05) is 19.9 Å². The van der Waals surface area contributed by atoms with E-state index in [0.717, 1.165) is 17.5 Å². The van der Waals surface area contributed by atoms with E-state index in [-0.39, 0.29) is 0 Å². The van der Waals surface area contributed by atoms with Crippen LogP contribution in [0.5, 0.6) is 5.75 Å². The minimum absolute atomic E-state index is 0.381. The number of aromatic nitrogens is 5. The molecule has 0 N–H and O–H groups in total. The number of nitro benzene ring substituents is 1. The fourth-order valence-electron chi connectivity index (χ4n) is 2.16. The first-order valence-electron chi connectivity index (χ1n) is 6.89. The summed E-state index contributed by atoms with van der Waals surface area (Å²) in [5.41, 5.74) is 1.60. The Hall–Kier alpha value is -3.56. The Morgan fingerprint density at radius 2 is 2.08 bits per heavy atom. The third-order valence-corrected chi connectivity index (χ3v) is 3.22. The van der Waals surface area contributed by atoms with E-state index >= 15 is 0 Å². The van der Waals surface area contributed by atoms with Crippen molar-refractivity contribution in [2.75, 3.05) is 0 Å². The Morgan fingerprint density at radius 1 is 1.29 bits per heavy atom. The molecule has 0 bridgehead atoms. The fourth-order valence-corrected chi connectivity index (χ4v) is 2.16. The van der Waals surface area contributed by atoms with Gasteiger partial charge in [0.25, 0.3) is 11.6 Å². The third-order valence-electron chi connectivity index (χ3n) is 3.22. The van der Waals surface area contributed by atoms with Gasteiger partial charge in [0.1, 0.15) is 6.33 Å². The molecule has 10 heteroatoms. The first kappa shape index (κ1) is 15.3. The molecule has 0 aliphatic carbocycles. The Morgan fingerprint density at radius 3 is 2.75 bits per heavy atom. The SMILES string of the molecule is Cc1cc(C)n(-c2nncn2/N=C\c2ccc([O-])c([N+](=O)[O-])c2)n1. The van der Waals surface area contributed by atoms with E-state index in [0.29, 0.717) is 11.5 Å². The van der Waals surface area contributed by atoms with Crippen molar-refractivity contribution >= 4 is 11.9 Å². The number of benzene rings is 1. The standard InChI is InChI=1S/C14H13N7O3/c1-9-5-10(2)20(18-9)14-17-15-8-19(14)16-7-11-3-4-13(22)12(6-11)21(23)24/h3-8,22H,1-2H3/p-1/b16-7-. The van der Waals surface area contributed by atoms with Crippen LogP contribution < -0.4 is 5.11 Å². The molecule has 2 heterocycles. The summed E-state index contributed by atoms with van der Waals surface area (Å²) in [6.07, 6.45) is 2.77. The number of hydrogen-bond donors (Lipinski definition) is 0. The molecule has 0 amide bonds. The minimum Gasteiger partial charge on any atom is -0.868 e. The van der Waals surface area contributed by atoms with Gasteiger partial charge in [0, 0.05) is 17.3 Å². The van der Waals surface area contributed by atoms with E-state index in [9.17, 15) is 15.2 Å². The van der Waals surface area contributed by atoms with Crippen molar-refractivity contribution in [1.29, 1.82) is 0 Å². The largest absolute Gasteiger partial charge is 0.868 e. The summed E-state index contributed by atoms with van der Waals surface area (Å²) in [5, 5.41) is 38.5. The smallest absolute Gasteiger partial charge is 0.273 e. The van der Waals surface area contributed by atoms with Crippen molar-refractivity contribution in [1.82, 2.24) is 24.7 Å². The molecular weight excluding hydrogens is 314 g/mol. The molecule has 0 aliphatic heterocycles. The second-order valence-electron chi connectivity index (χ2n) is 5.04. The van der Waals surface area contributed by atoms with Crippen molar-refractivity contribution in [2.45, 2.75) is 13.8 Å².